The quantitative estimate of drug-likeness (QED) is 0.570. The zero-order valence-electron chi connectivity index (χ0n) is 15.8. The van der Waals surface area contributed by atoms with Crippen LogP contribution in [0.3, 0.4) is 0 Å². The number of aryl methyl sites for hydroxylation is 2. The zero-order chi connectivity index (χ0) is 19.4. The molecule has 0 atom stereocenters. The van der Waals surface area contributed by atoms with Gasteiger partial charge in [0.25, 0.3) is 5.91 Å². The Kier molecular flexibility index (Phi) is 6.40. The first kappa shape index (κ1) is 19.7. The molecule has 1 amide bonds. The Hall–Kier alpha value is -2.04. The Bertz CT molecular complexity index is 903. The van der Waals surface area contributed by atoms with E-state index >= 15 is 0 Å². The minimum atomic E-state index is -0.140. The Morgan fingerprint density at radius 3 is 2.52 bits per heavy atom. The molecule has 1 aliphatic heterocycles. The number of hydrogen-bond donors (Lipinski definition) is 0. The van der Waals surface area contributed by atoms with Gasteiger partial charge in [0.2, 0.25) is 0 Å². The van der Waals surface area contributed by atoms with Crippen molar-refractivity contribution >= 4 is 46.2 Å². The maximum Gasteiger partial charge on any atom is 0.283 e. The van der Waals surface area contributed by atoms with Gasteiger partial charge >= 0.3 is 0 Å². The first-order valence-electron chi connectivity index (χ1n) is 9.16. The summed E-state index contributed by atoms with van der Waals surface area (Å²) in [7, 11) is 0. The van der Waals surface area contributed by atoms with Crippen molar-refractivity contribution in [3.05, 3.63) is 69.9 Å². The molecule has 0 fully saturated rings. The summed E-state index contributed by atoms with van der Waals surface area (Å²) in [5.74, 6) is 0.754. The Balaban J connectivity index is 1.97. The predicted octanol–water partition coefficient (Wildman–Crippen LogP) is 6.10. The number of halogens is 1. The minimum absolute atomic E-state index is 0.140. The van der Waals surface area contributed by atoms with Crippen molar-refractivity contribution in [2.75, 3.05) is 10.7 Å². The minimum Gasteiger partial charge on any atom is -0.266 e. The van der Waals surface area contributed by atoms with Crippen molar-refractivity contribution < 1.29 is 4.79 Å². The molecule has 0 radical (unpaired) electrons. The van der Waals surface area contributed by atoms with Crippen LogP contribution >= 0.6 is 23.4 Å². The number of aliphatic imine (C=N–C) groups is 1. The summed E-state index contributed by atoms with van der Waals surface area (Å²) in [4.78, 5) is 19.4. The molecule has 0 spiro atoms. The molecule has 1 aliphatic rings. The first-order valence-corrected chi connectivity index (χ1v) is 10.5. The highest BCUT2D eigenvalue weighted by Crippen LogP contribution is 2.34. The van der Waals surface area contributed by atoms with Gasteiger partial charge in [-0.05, 0) is 54.7 Å². The predicted molar refractivity (Wildman–Crippen MR) is 118 cm³/mol. The van der Waals surface area contributed by atoms with Gasteiger partial charge in [0.15, 0.2) is 5.17 Å². The molecule has 2 aromatic carbocycles. The number of rotatable bonds is 5. The van der Waals surface area contributed by atoms with Gasteiger partial charge in [0.05, 0.1) is 10.7 Å². The second kappa shape index (κ2) is 8.77. The van der Waals surface area contributed by atoms with E-state index in [2.05, 4.69) is 31.0 Å². The number of nitrogens with zero attached hydrogens (tertiary/aromatic N) is 2. The smallest absolute Gasteiger partial charge is 0.266 e. The van der Waals surface area contributed by atoms with E-state index < -0.39 is 0 Å². The monoisotopic (exact) mass is 398 g/mol. The standard InChI is InChI=1S/C22H23ClN2OS/c1-4-12-27-22-24-19(14-17-9-7-16(5-2)8-10-17)21(26)25(22)20-11-6-15(3)13-18(20)23/h6-11,13-14H,4-5,12H2,1-3H3. The van der Waals surface area contributed by atoms with Crippen LogP contribution in [-0.4, -0.2) is 16.8 Å². The molecule has 0 saturated carbocycles. The van der Waals surface area contributed by atoms with E-state index in [4.69, 9.17) is 11.6 Å². The van der Waals surface area contributed by atoms with Gasteiger partial charge in [-0.25, -0.2) is 4.99 Å². The summed E-state index contributed by atoms with van der Waals surface area (Å²) in [6.45, 7) is 6.21. The molecule has 0 N–H and O–H groups in total. The van der Waals surface area contributed by atoms with Crippen LogP contribution in [0.1, 0.15) is 37.0 Å². The number of hydrogen-bond acceptors (Lipinski definition) is 3. The number of carbonyl (C=O) groups is 1. The van der Waals surface area contributed by atoms with Crippen molar-refractivity contribution in [2.24, 2.45) is 4.99 Å². The molecule has 3 rings (SSSR count). The average Bonchev–Trinajstić information content (AvgIpc) is 2.96. The maximum absolute atomic E-state index is 13.1. The zero-order valence-corrected chi connectivity index (χ0v) is 17.4. The fourth-order valence-electron chi connectivity index (χ4n) is 2.80. The summed E-state index contributed by atoms with van der Waals surface area (Å²) in [6.07, 6.45) is 3.84. The molecule has 0 saturated heterocycles. The van der Waals surface area contributed by atoms with Crippen molar-refractivity contribution in [1.29, 1.82) is 0 Å². The summed E-state index contributed by atoms with van der Waals surface area (Å²) in [5, 5.41) is 1.24. The molecule has 1 heterocycles. The van der Waals surface area contributed by atoms with Crippen LogP contribution in [0.25, 0.3) is 6.08 Å². The van der Waals surface area contributed by atoms with E-state index in [1.807, 2.05) is 43.3 Å². The summed E-state index contributed by atoms with van der Waals surface area (Å²) in [6, 6.07) is 13.9. The SMILES string of the molecule is CCCSC1=NC(=Cc2ccc(CC)cc2)C(=O)N1c1ccc(C)cc1Cl. The molecule has 0 bridgehead atoms. The highest BCUT2D eigenvalue weighted by atomic mass is 35.5. The summed E-state index contributed by atoms with van der Waals surface area (Å²) in [5.41, 5.74) is 4.41. The van der Waals surface area contributed by atoms with Crippen LogP contribution in [-0.2, 0) is 11.2 Å². The number of thioether (sulfide) groups is 1. The highest BCUT2D eigenvalue weighted by Gasteiger charge is 2.33. The Morgan fingerprint density at radius 2 is 1.89 bits per heavy atom. The van der Waals surface area contributed by atoms with E-state index in [1.54, 1.807) is 16.7 Å². The van der Waals surface area contributed by atoms with Gasteiger partial charge in [0, 0.05) is 5.75 Å². The second-order valence-corrected chi connectivity index (χ2v) is 7.93. The normalized spacial score (nSPS) is 15.6. The van der Waals surface area contributed by atoms with E-state index in [0.717, 1.165) is 29.7 Å². The topological polar surface area (TPSA) is 32.7 Å². The van der Waals surface area contributed by atoms with Crippen molar-refractivity contribution in [3.8, 4) is 0 Å². The summed E-state index contributed by atoms with van der Waals surface area (Å²) >= 11 is 8.02. The molecule has 5 heteroatoms. The van der Waals surface area contributed by atoms with Gasteiger partial charge in [-0.15, -0.1) is 0 Å². The number of amides is 1. The molecule has 2 aromatic rings. The molecule has 0 unspecified atom stereocenters. The lowest BCUT2D eigenvalue weighted by atomic mass is 10.1. The van der Waals surface area contributed by atoms with Crippen molar-refractivity contribution in [2.45, 2.75) is 33.6 Å². The van der Waals surface area contributed by atoms with Crippen LogP contribution in [0.2, 0.25) is 5.02 Å². The van der Waals surface area contributed by atoms with Crippen LogP contribution in [0.15, 0.2) is 53.2 Å². The Morgan fingerprint density at radius 1 is 1.15 bits per heavy atom. The van der Waals surface area contributed by atoms with Crippen LogP contribution in [0.4, 0.5) is 5.69 Å². The van der Waals surface area contributed by atoms with Crippen LogP contribution in [0.5, 0.6) is 0 Å². The molecular weight excluding hydrogens is 376 g/mol. The number of anilines is 1. The lowest BCUT2D eigenvalue weighted by Crippen LogP contribution is -2.30. The van der Waals surface area contributed by atoms with Gasteiger partial charge in [-0.1, -0.05) is 67.5 Å². The molecule has 0 aliphatic carbocycles. The van der Waals surface area contributed by atoms with Gasteiger partial charge < -0.3 is 0 Å². The number of benzene rings is 2. The van der Waals surface area contributed by atoms with E-state index in [9.17, 15) is 4.79 Å². The summed E-state index contributed by atoms with van der Waals surface area (Å²) < 4.78 is 0. The molecule has 0 aromatic heterocycles. The van der Waals surface area contributed by atoms with E-state index in [-0.39, 0.29) is 5.91 Å². The second-order valence-electron chi connectivity index (χ2n) is 6.46. The third-order valence-corrected chi connectivity index (χ3v) is 5.75. The van der Waals surface area contributed by atoms with Crippen molar-refractivity contribution in [3.63, 3.8) is 0 Å². The number of carbonyl (C=O) groups excluding carboxylic acids is 1. The van der Waals surface area contributed by atoms with Crippen LogP contribution < -0.4 is 4.90 Å². The number of amidine groups is 1. The fraction of sp³-hybridized carbons (Fsp3) is 0.273. The Labute approximate surface area is 170 Å². The third kappa shape index (κ3) is 4.45. The molecule has 3 nitrogen and oxygen atoms in total. The van der Waals surface area contributed by atoms with E-state index in [0.29, 0.717) is 21.6 Å². The van der Waals surface area contributed by atoms with E-state index in [1.165, 1.54) is 5.56 Å². The van der Waals surface area contributed by atoms with Crippen molar-refractivity contribution in [1.82, 2.24) is 0 Å². The van der Waals surface area contributed by atoms with Gasteiger partial charge in [-0.2, -0.15) is 0 Å². The maximum atomic E-state index is 13.1. The molecular formula is C22H23ClN2OS. The molecule has 27 heavy (non-hydrogen) atoms. The first-order chi connectivity index (χ1) is 13.0. The lowest BCUT2D eigenvalue weighted by molar-refractivity contribution is -0.113. The molecule has 140 valence electrons. The highest BCUT2D eigenvalue weighted by molar-refractivity contribution is 8.14. The third-order valence-electron chi connectivity index (χ3n) is 4.30. The fourth-order valence-corrected chi connectivity index (χ4v) is 3.98. The van der Waals surface area contributed by atoms with Gasteiger partial charge in [0.1, 0.15) is 5.70 Å². The lowest BCUT2D eigenvalue weighted by Gasteiger charge is -2.19. The van der Waals surface area contributed by atoms with Crippen LogP contribution in [0, 0.1) is 6.92 Å². The average molecular weight is 399 g/mol. The van der Waals surface area contributed by atoms with Gasteiger partial charge in [-0.3, -0.25) is 9.69 Å². The largest absolute Gasteiger partial charge is 0.283 e.